The summed E-state index contributed by atoms with van der Waals surface area (Å²) < 4.78 is 5.35. The van der Waals surface area contributed by atoms with Crippen LogP contribution in [0.4, 0.5) is 0 Å². The average Bonchev–Trinajstić information content (AvgIpc) is 3.20. The number of fused-ring (bicyclic) bond motifs is 3. The number of rotatable bonds is 3. The zero-order chi connectivity index (χ0) is 22.2. The minimum atomic E-state index is -0.00828. The molecule has 162 valence electrons. The Hall–Kier alpha value is -3.64. The molecule has 1 fully saturated rings. The number of morpholine rings is 1. The molecule has 2 heterocycles. The van der Waals surface area contributed by atoms with E-state index in [1.165, 1.54) is 0 Å². The minimum Gasteiger partial charge on any atom is -0.378 e. The van der Waals surface area contributed by atoms with Gasteiger partial charge in [0, 0.05) is 60.1 Å². The second kappa shape index (κ2) is 8.13. The molecule has 6 heteroatoms. The van der Waals surface area contributed by atoms with Crippen LogP contribution >= 0.6 is 0 Å². The molecule has 1 aromatic heterocycles. The van der Waals surface area contributed by atoms with Gasteiger partial charge in [0.25, 0.3) is 11.8 Å². The maximum atomic E-state index is 12.8. The molecule has 1 aliphatic heterocycles. The van der Waals surface area contributed by atoms with Gasteiger partial charge in [-0.3, -0.25) is 9.59 Å². The Morgan fingerprint density at radius 3 is 2.22 bits per heavy atom. The predicted octanol–water partition coefficient (Wildman–Crippen LogP) is 4.16. The normalized spacial score (nSPS) is 14.1. The van der Waals surface area contributed by atoms with Crippen molar-refractivity contribution in [1.82, 2.24) is 14.8 Å². The van der Waals surface area contributed by atoms with Crippen molar-refractivity contribution in [2.24, 2.45) is 0 Å². The number of carbonyl (C=O) groups excluding carboxylic acids is 2. The van der Waals surface area contributed by atoms with Crippen LogP contribution in [0, 0.1) is 0 Å². The summed E-state index contributed by atoms with van der Waals surface area (Å²) in [5.74, 6) is 0.0352. The molecule has 0 aliphatic carbocycles. The van der Waals surface area contributed by atoms with Crippen molar-refractivity contribution in [3.05, 3.63) is 71.8 Å². The molecule has 0 unspecified atom stereocenters. The summed E-state index contributed by atoms with van der Waals surface area (Å²) in [6.45, 7) is 2.44. The second-order valence-electron chi connectivity index (χ2n) is 8.33. The Labute approximate surface area is 186 Å². The number of carbonyl (C=O) groups is 2. The van der Waals surface area contributed by atoms with Gasteiger partial charge >= 0.3 is 0 Å². The predicted molar refractivity (Wildman–Crippen MR) is 126 cm³/mol. The molecule has 4 aromatic rings. The summed E-state index contributed by atoms with van der Waals surface area (Å²) in [5.41, 5.74) is 5.46. The van der Waals surface area contributed by atoms with E-state index in [0.29, 0.717) is 37.4 Å². The van der Waals surface area contributed by atoms with Gasteiger partial charge in [-0.2, -0.15) is 0 Å². The highest BCUT2D eigenvalue weighted by atomic mass is 16.5. The Kier molecular flexibility index (Phi) is 5.15. The lowest BCUT2D eigenvalue weighted by molar-refractivity contribution is 0.0303. The van der Waals surface area contributed by atoms with E-state index >= 15 is 0 Å². The van der Waals surface area contributed by atoms with Crippen LogP contribution in [0.5, 0.6) is 0 Å². The molecule has 0 atom stereocenters. The Morgan fingerprint density at radius 2 is 1.50 bits per heavy atom. The molecule has 6 nitrogen and oxygen atoms in total. The number of nitrogens with one attached hydrogen (secondary N) is 1. The Balaban J connectivity index is 1.48. The second-order valence-corrected chi connectivity index (χ2v) is 8.33. The molecule has 1 saturated heterocycles. The van der Waals surface area contributed by atoms with E-state index < -0.39 is 0 Å². The third-order valence-electron chi connectivity index (χ3n) is 6.02. The fraction of sp³-hybridized carbons (Fsp3) is 0.231. The Morgan fingerprint density at radius 1 is 0.812 bits per heavy atom. The number of H-pyrrole nitrogens is 1. The molecular weight excluding hydrogens is 402 g/mol. The van der Waals surface area contributed by atoms with Gasteiger partial charge in [-0.25, -0.2) is 0 Å². The lowest BCUT2D eigenvalue weighted by atomic mass is 10.0. The van der Waals surface area contributed by atoms with Crippen LogP contribution in [0.2, 0.25) is 0 Å². The van der Waals surface area contributed by atoms with Crippen LogP contribution < -0.4 is 0 Å². The van der Waals surface area contributed by atoms with E-state index in [9.17, 15) is 9.59 Å². The standard InChI is InChI=1S/C26H25N3O3/c1-28(2)25(30)18-5-3-17(4-6-18)19-8-10-23-22(15-19)21-9-7-20(16-24(21)27-23)26(31)29-11-13-32-14-12-29/h3-10,15-16,27H,11-14H2,1-2H3. The van der Waals surface area contributed by atoms with Crippen molar-refractivity contribution in [3.8, 4) is 11.1 Å². The van der Waals surface area contributed by atoms with Crippen molar-refractivity contribution in [2.45, 2.75) is 0 Å². The molecular formula is C26H25N3O3. The largest absolute Gasteiger partial charge is 0.378 e. The monoisotopic (exact) mass is 427 g/mol. The highest BCUT2D eigenvalue weighted by Crippen LogP contribution is 2.31. The van der Waals surface area contributed by atoms with E-state index in [4.69, 9.17) is 4.74 Å². The van der Waals surface area contributed by atoms with Crippen LogP contribution in [0.1, 0.15) is 20.7 Å². The van der Waals surface area contributed by atoms with Gasteiger partial charge in [0.1, 0.15) is 0 Å². The molecule has 0 radical (unpaired) electrons. The van der Waals surface area contributed by atoms with Gasteiger partial charge in [0.05, 0.1) is 13.2 Å². The van der Waals surface area contributed by atoms with E-state index in [2.05, 4.69) is 23.2 Å². The third kappa shape index (κ3) is 3.63. The van der Waals surface area contributed by atoms with Crippen molar-refractivity contribution < 1.29 is 14.3 Å². The zero-order valence-corrected chi connectivity index (χ0v) is 18.2. The van der Waals surface area contributed by atoms with Gasteiger partial charge in [0.15, 0.2) is 0 Å². The van der Waals surface area contributed by atoms with Crippen molar-refractivity contribution in [1.29, 1.82) is 0 Å². The molecule has 2 amide bonds. The van der Waals surface area contributed by atoms with Crippen LogP contribution in [0.15, 0.2) is 60.7 Å². The number of hydrogen-bond acceptors (Lipinski definition) is 3. The molecule has 5 rings (SSSR count). The first-order chi connectivity index (χ1) is 15.5. The first kappa shape index (κ1) is 20.3. The van der Waals surface area contributed by atoms with Gasteiger partial charge in [-0.15, -0.1) is 0 Å². The summed E-state index contributed by atoms with van der Waals surface area (Å²) in [4.78, 5) is 31.9. The SMILES string of the molecule is CN(C)C(=O)c1ccc(-c2ccc3[nH]c4cc(C(=O)N5CCOCC5)ccc4c3c2)cc1. The fourth-order valence-electron chi connectivity index (χ4n) is 4.23. The summed E-state index contributed by atoms with van der Waals surface area (Å²) in [5, 5.41) is 2.19. The van der Waals surface area contributed by atoms with Gasteiger partial charge in [-0.1, -0.05) is 24.3 Å². The maximum Gasteiger partial charge on any atom is 0.254 e. The lowest BCUT2D eigenvalue weighted by Gasteiger charge is -2.26. The summed E-state index contributed by atoms with van der Waals surface area (Å²) >= 11 is 0. The zero-order valence-electron chi connectivity index (χ0n) is 18.2. The van der Waals surface area contributed by atoms with E-state index in [0.717, 1.165) is 32.9 Å². The first-order valence-electron chi connectivity index (χ1n) is 10.8. The molecule has 32 heavy (non-hydrogen) atoms. The maximum absolute atomic E-state index is 12.8. The van der Waals surface area contributed by atoms with Crippen LogP contribution in [-0.4, -0.2) is 67.0 Å². The smallest absolute Gasteiger partial charge is 0.254 e. The molecule has 0 spiro atoms. The third-order valence-corrected chi connectivity index (χ3v) is 6.02. The topological polar surface area (TPSA) is 65.6 Å². The molecule has 0 saturated carbocycles. The summed E-state index contributed by atoms with van der Waals surface area (Å²) in [7, 11) is 3.50. The minimum absolute atomic E-state index is 0.00828. The number of ether oxygens (including phenoxy) is 1. The van der Waals surface area contributed by atoms with Crippen molar-refractivity contribution in [2.75, 3.05) is 40.4 Å². The molecule has 3 aromatic carbocycles. The molecule has 1 N–H and O–H groups in total. The number of aromatic amines is 1. The summed E-state index contributed by atoms with van der Waals surface area (Å²) in [6, 6.07) is 19.8. The van der Waals surface area contributed by atoms with Gasteiger partial charge in [0.2, 0.25) is 0 Å². The number of amides is 2. The fourth-order valence-corrected chi connectivity index (χ4v) is 4.23. The average molecular weight is 428 g/mol. The van der Waals surface area contributed by atoms with Crippen molar-refractivity contribution in [3.63, 3.8) is 0 Å². The lowest BCUT2D eigenvalue weighted by Crippen LogP contribution is -2.40. The Bertz CT molecular complexity index is 1320. The van der Waals surface area contributed by atoms with E-state index in [-0.39, 0.29) is 11.8 Å². The molecule has 0 bridgehead atoms. The van der Waals surface area contributed by atoms with Crippen LogP contribution in [-0.2, 0) is 4.74 Å². The van der Waals surface area contributed by atoms with Crippen LogP contribution in [0.3, 0.4) is 0 Å². The highest BCUT2D eigenvalue weighted by Gasteiger charge is 2.19. The summed E-state index contributed by atoms with van der Waals surface area (Å²) in [6.07, 6.45) is 0. The highest BCUT2D eigenvalue weighted by molar-refractivity contribution is 6.10. The molecule has 1 aliphatic rings. The number of nitrogens with zero attached hydrogens (tertiary/aromatic N) is 2. The number of hydrogen-bond donors (Lipinski definition) is 1. The van der Waals surface area contributed by atoms with Crippen LogP contribution in [0.25, 0.3) is 32.9 Å². The van der Waals surface area contributed by atoms with E-state index in [1.807, 2.05) is 47.4 Å². The van der Waals surface area contributed by atoms with Gasteiger partial charge < -0.3 is 19.5 Å². The first-order valence-corrected chi connectivity index (χ1v) is 10.8. The van der Waals surface area contributed by atoms with E-state index in [1.54, 1.807) is 19.0 Å². The number of aromatic nitrogens is 1. The quantitative estimate of drug-likeness (QED) is 0.534. The van der Waals surface area contributed by atoms with Gasteiger partial charge in [-0.05, 0) is 47.5 Å². The van der Waals surface area contributed by atoms with Crippen molar-refractivity contribution >= 4 is 33.6 Å². The number of benzene rings is 3.